The minimum absolute atomic E-state index is 0.122. The average Bonchev–Trinajstić information content (AvgIpc) is 2.67. The maximum absolute atomic E-state index is 12.9. The first-order valence-electron chi connectivity index (χ1n) is 8.83. The average molecular weight is 374 g/mol. The summed E-state index contributed by atoms with van der Waals surface area (Å²) in [5.74, 6) is -1.10. The summed E-state index contributed by atoms with van der Waals surface area (Å²) in [6.07, 6.45) is 0.716. The molecule has 0 unspecified atom stereocenters. The van der Waals surface area contributed by atoms with Gasteiger partial charge in [-0.05, 0) is 37.1 Å². The quantitative estimate of drug-likeness (QED) is 0.760. The van der Waals surface area contributed by atoms with Crippen LogP contribution in [0.4, 0.5) is 4.39 Å². The Morgan fingerprint density at radius 2 is 1.85 bits per heavy atom. The summed E-state index contributed by atoms with van der Waals surface area (Å²) in [6, 6.07) is 8.48. The molecule has 7 nitrogen and oxygen atoms in total. The van der Waals surface area contributed by atoms with Crippen LogP contribution in [0, 0.1) is 5.82 Å². The smallest absolute Gasteiger partial charge is 0.274 e. The zero-order chi connectivity index (χ0) is 19.8. The van der Waals surface area contributed by atoms with Gasteiger partial charge in [-0.25, -0.2) is 9.07 Å². The lowest BCUT2D eigenvalue weighted by atomic mass is 10.2. The summed E-state index contributed by atoms with van der Waals surface area (Å²) in [6.45, 7) is 4.51. The molecule has 27 heavy (non-hydrogen) atoms. The zero-order valence-corrected chi connectivity index (χ0v) is 15.4. The number of hydrogen-bond donors (Lipinski definition) is 1. The van der Waals surface area contributed by atoms with E-state index in [1.807, 2.05) is 6.92 Å². The number of aromatic nitrogens is 2. The summed E-state index contributed by atoms with van der Waals surface area (Å²) in [7, 11) is 0. The minimum atomic E-state index is -0.417. The van der Waals surface area contributed by atoms with Crippen molar-refractivity contribution >= 4 is 11.8 Å². The molecule has 0 bridgehead atoms. The SMILES string of the molecule is CCCn1nc(C(=O)N(CC)CC(=O)NCc2ccc(F)cc2)ccc1=O. The van der Waals surface area contributed by atoms with E-state index in [0.717, 1.165) is 5.56 Å². The van der Waals surface area contributed by atoms with Gasteiger partial charge in [0.25, 0.3) is 11.5 Å². The highest BCUT2D eigenvalue weighted by Gasteiger charge is 2.19. The number of nitrogens with zero attached hydrogens (tertiary/aromatic N) is 3. The van der Waals surface area contributed by atoms with Crippen LogP contribution < -0.4 is 10.9 Å². The van der Waals surface area contributed by atoms with Crippen molar-refractivity contribution in [1.29, 1.82) is 0 Å². The van der Waals surface area contributed by atoms with Gasteiger partial charge in [0, 0.05) is 25.7 Å². The molecular weight excluding hydrogens is 351 g/mol. The van der Waals surface area contributed by atoms with Gasteiger partial charge in [-0.15, -0.1) is 0 Å². The summed E-state index contributed by atoms with van der Waals surface area (Å²) in [5.41, 5.74) is 0.608. The van der Waals surface area contributed by atoms with Gasteiger partial charge in [-0.3, -0.25) is 14.4 Å². The molecule has 0 aliphatic heterocycles. The molecule has 0 saturated heterocycles. The van der Waals surface area contributed by atoms with E-state index in [4.69, 9.17) is 0 Å². The Hall–Kier alpha value is -3.03. The third-order valence-corrected chi connectivity index (χ3v) is 3.93. The maximum atomic E-state index is 12.9. The van der Waals surface area contributed by atoms with Crippen LogP contribution in [0.5, 0.6) is 0 Å². The molecular formula is C19H23FN4O3. The van der Waals surface area contributed by atoms with Crippen molar-refractivity contribution in [1.82, 2.24) is 20.0 Å². The van der Waals surface area contributed by atoms with Crippen LogP contribution >= 0.6 is 0 Å². The molecule has 0 aliphatic rings. The normalized spacial score (nSPS) is 10.5. The Kier molecular flexibility index (Phi) is 7.22. The molecule has 1 N–H and O–H groups in total. The van der Waals surface area contributed by atoms with Crippen LogP contribution in [0.25, 0.3) is 0 Å². The highest BCUT2D eigenvalue weighted by molar-refractivity contribution is 5.94. The number of nitrogens with one attached hydrogen (secondary N) is 1. The lowest BCUT2D eigenvalue weighted by molar-refractivity contribution is -0.121. The molecule has 0 saturated carbocycles. The van der Waals surface area contributed by atoms with Crippen molar-refractivity contribution < 1.29 is 14.0 Å². The standard InChI is InChI=1S/C19H23FN4O3/c1-3-11-24-18(26)10-9-16(22-24)19(27)23(4-2)13-17(25)21-12-14-5-7-15(20)8-6-14/h5-10H,3-4,11-13H2,1-2H3,(H,21,25). The van der Waals surface area contributed by atoms with E-state index in [-0.39, 0.29) is 36.1 Å². The predicted octanol–water partition coefficient (Wildman–Crippen LogP) is 1.57. The molecule has 2 aromatic rings. The Balaban J connectivity index is 1.99. The van der Waals surface area contributed by atoms with Crippen molar-refractivity contribution in [2.45, 2.75) is 33.4 Å². The molecule has 8 heteroatoms. The second kappa shape index (κ2) is 9.61. The van der Waals surface area contributed by atoms with Crippen molar-refractivity contribution in [2.24, 2.45) is 0 Å². The number of likely N-dealkylation sites (N-methyl/N-ethyl adjacent to an activating group) is 1. The molecule has 0 radical (unpaired) electrons. The van der Waals surface area contributed by atoms with E-state index < -0.39 is 5.91 Å². The lowest BCUT2D eigenvalue weighted by Crippen LogP contribution is -2.41. The zero-order valence-electron chi connectivity index (χ0n) is 15.4. The molecule has 2 rings (SSSR count). The van der Waals surface area contributed by atoms with Gasteiger partial charge < -0.3 is 10.2 Å². The van der Waals surface area contributed by atoms with Crippen LogP contribution in [0.15, 0.2) is 41.2 Å². The molecule has 1 aromatic heterocycles. The summed E-state index contributed by atoms with van der Waals surface area (Å²) < 4.78 is 14.1. The number of rotatable bonds is 8. The molecule has 0 atom stereocenters. The van der Waals surface area contributed by atoms with Gasteiger partial charge in [0.15, 0.2) is 0 Å². The Labute approximate surface area is 156 Å². The van der Waals surface area contributed by atoms with E-state index in [1.165, 1.54) is 33.8 Å². The van der Waals surface area contributed by atoms with Gasteiger partial charge in [0.2, 0.25) is 5.91 Å². The monoisotopic (exact) mass is 374 g/mol. The molecule has 0 fully saturated rings. The highest BCUT2D eigenvalue weighted by Crippen LogP contribution is 2.03. The number of carbonyl (C=O) groups is 2. The minimum Gasteiger partial charge on any atom is -0.350 e. The largest absolute Gasteiger partial charge is 0.350 e. The van der Waals surface area contributed by atoms with Crippen LogP contribution in [0.3, 0.4) is 0 Å². The van der Waals surface area contributed by atoms with E-state index in [9.17, 15) is 18.8 Å². The second-order valence-electron chi connectivity index (χ2n) is 6.00. The third-order valence-electron chi connectivity index (χ3n) is 3.93. The fourth-order valence-electron chi connectivity index (χ4n) is 2.46. The summed E-state index contributed by atoms with van der Waals surface area (Å²) in [4.78, 5) is 37.9. The van der Waals surface area contributed by atoms with Crippen molar-refractivity contribution in [3.05, 3.63) is 63.8 Å². The topological polar surface area (TPSA) is 84.3 Å². The van der Waals surface area contributed by atoms with E-state index >= 15 is 0 Å². The first-order valence-corrected chi connectivity index (χ1v) is 8.83. The molecule has 144 valence electrons. The Bertz CT molecular complexity index is 849. The summed E-state index contributed by atoms with van der Waals surface area (Å²) in [5, 5.41) is 6.79. The first kappa shape index (κ1) is 20.3. The number of carbonyl (C=O) groups excluding carboxylic acids is 2. The van der Waals surface area contributed by atoms with E-state index in [2.05, 4.69) is 10.4 Å². The molecule has 0 aliphatic carbocycles. The van der Waals surface area contributed by atoms with Crippen molar-refractivity contribution in [3.63, 3.8) is 0 Å². The molecule has 1 heterocycles. The number of amides is 2. The molecule has 1 aromatic carbocycles. The maximum Gasteiger partial charge on any atom is 0.274 e. The van der Waals surface area contributed by atoms with Gasteiger partial charge in [-0.1, -0.05) is 19.1 Å². The van der Waals surface area contributed by atoms with Gasteiger partial charge in [0.1, 0.15) is 11.5 Å². The Morgan fingerprint density at radius 1 is 1.15 bits per heavy atom. The van der Waals surface area contributed by atoms with Gasteiger partial charge in [-0.2, -0.15) is 5.10 Å². The summed E-state index contributed by atoms with van der Waals surface area (Å²) >= 11 is 0. The number of benzene rings is 1. The van der Waals surface area contributed by atoms with Crippen LogP contribution in [-0.2, 0) is 17.9 Å². The van der Waals surface area contributed by atoms with Gasteiger partial charge >= 0.3 is 0 Å². The van der Waals surface area contributed by atoms with E-state index in [1.54, 1.807) is 19.1 Å². The second-order valence-corrected chi connectivity index (χ2v) is 6.00. The third kappa shape index (κ3) is 5.73. The molecule has 0 spiro atoms. The van der Waals surface area contributed by atoms with Crippen LogP contribution in [0.1, 0.15) is 36.3 Å². The van der Waals surface area contributed by atoms with Crippen molar-refractivity contribution in [2.75, 3.05) is 13.1 Å². The lowest BCUT2D eigenvalue weighted by Gasteiger charge is -2.20. The number of aryl methyl sites for hydroxylation is 1. The Morgan fingerprint density at radius 3 is 2.48 bits per heavy atom. The van der Waals surface area contributed by atoms with Crippen LogP contribution in [0.2, 0.25) is 0 Å². The van der Waals surface area contributed by atoms with Crippen LogP contribution in [-0.4, -0.2) is 39.6 Å². The fraction of sp³-hybridized carbons (Fsp3) is 0.368. The van der Waals surface area contributed by atoms with Gasteiger partial charge in [0.05, 0.1) is 6.54 Å². The highest BCUT2D eigenvalue weighted by atomic mass is 19.1. The van der Waals surface area contributed by atoms with Crippen molar-refractivity contribution in [3.8, 4) is 0 Å². The number of halogens is 1. The van der Waals surface area contributed by atoms with E-state index in [0.29, 0.717) is 19.5 Å². The predicted molar refractivity (Wildman–Crippen MR) is 98.6 cm³/mol. The first-order chi connectivity index (χ1) is 12.9. The fourth-order valence-corrected chi connectivity index (χ4v) is 2.46. The number of hydrogen-bond acceptors (Lipinski definition) is 4. The molecule has 2 amide bonds.